The lowest BCUT2D eigenvalue weighted by molar-refractivity contribution is 0.0671. The van der Waals surface area contributed by atoms with E-state index in [-0.39, 0.29) is 17.5 Å². The van der Waals surface area contributed by atoms with E-state index >= 15 is 0 Å². The Morgan fingerprint density at radius 1 is 1.30 bits per heavy atom. The van der Waals surface area contributed by atoms with Crippen LogP contribution in [-0.2, 0) is 7.05 Å². The number of hydrogen-bond donors (Lipinski definition) is 0. The lowest BCUT2D eigenvalue weighted by Crippen LogP contribution is -2.35. The molecule has 1 aromatic carbocycles. The van der Waals surface area contributed by atoms with Crippen molar-refractivity contribution >= 4 is 17.5 Å². The number of hydrogen-bond acceptors (Lipinski definition) is 2. The van der Waals surface area contributed by atoms with Gasteiger partial charge >= 0.3 is 0 Å². The first kappa shape index (κ1) is 16.0. The van der Waals surface area contributed by atoms with Gasteiger partial charge in [-0.05, 0) is 25.0 Å². The first-order valence-electron chi connectivity index (χ1n) is 7.82. The van der Waals surface area contributed by atoms with E-state index in [1.54, 1.807) is 35.0 Å². The van der Waals surface area contributed by atoms with E-state index in [0.29, 0.717) is 17.3 Å². The van der Waals surface area contributed by atoms with Gasteiger partial charge in [-0.2, -0.15) is 5.10 Å². The zero-order chi connectivity index (χ0) is 16.4. The zero-order valence-corrected chi connectivity index (χ0v) is 13.8. The second-order valence-corrected chi connectivity index (χ2v) is 6.29. The number of rotatable bonds is 2. The quantitative estimate of drug-likeness (QED) is 0.832. The molecular weight excluding hydrogens is 317 g/mol. The number of carbonyl (C=O) groups excluding carboxylic acids is 1. The molecule has 0 saturated carbocycles. The Bertz CT molecular complexity index is 716. The van der Waals surface area contributed by atoms with Crippen LogP contribution in [0.2, 0.25) is 5.02 Å². The monoisotopic (exact) mass is 335 g/mol. The van der Waals surface area contributed by atoms with Gasteiger partial charge in [-0.3, -0.25) is 9.48 Å². The molecule has 0 N–H and O–H groups in total. The summed E-state index contributed by atoms with van der Waals surface area (Å²) in [5, 5.41) is 4.97. The Balaban J connectivity index is 1.98. The fourth-order valence-corrected chi connectivity index (χ4v) is 3.43. The largest absolute Gasteiger partial charge is 0.330 e. The summed E-state index contributed by atoms with van der Waals surface area (Å²) >= 11 is 6.28. The van der Waals surface area contributed by atoms with Gasteiger partial charge in [0.05, 0.1) is 16.6 Å². The number of likely N-dealkylation sites (tertiary alicyclic amines) is 1. The van der Waals surface area contributed by atoms with E-state index < -0.39 is 5.82 Å². The maximum Gasteiger partial charge on any atom is 0.257 e. The summed E-state index contributed by atoms with van der Waals surface area (Å²) in [5.41, 5.74) is 0.798. The van der Waals surface area contributed by atoms with E-state index in [9.17, 15) is 9.18 Å². The number of carbonyl (C=O) groups is 1. The summed E-state index contributed by atoms with van der Waals surface area (Å²) in [6.07, 6.45) is 5.46. The Kier molecular flexibility index (Phi) is 4.66. The van der Waals surface area contributed by atoms with Gasteiger partial charge in [-0.25, -0.2) is 4.39 Å². The molecule has 1 aromatic heterocycles. The van der Waals surface area contributed by atoms with Crippen LogP contribution in [0.5, 0.6) is 0 Å². The highest BCUT2D eigenvalue weighted by Gasteiger charge is 2.31. The highest BCUT2D eigenvalue weighted by Crippen LogP contribution is 2.34. The summed E-state index contributed by atoms with van der Waals surface area (Å²) in [7, 11) is 1.80. The highest BCUT2D eigenvalue weighted by atomic mass is 35.5. The van der Waals surface area contributed by atoms with E-state index in [2.05, 4.69) is 5.10 Å². The van der Waals surface area contributed by atoms with Crippen LogP contribution in [0.3, 0.4) is 0 Å². The fourth-order valence-electron chi connectivity index (χ4n) is 3.13. The molecule has 2 heterocycles. The molecule has 1 saturated heterocycles. The van der Waals surface area contributed by atoms with Crippen LogP contribution >= 0.6 is 11.6 Å². The Morgan fingerprint density at radius 2 is 2.09 bits per heavy atom. The first-order chi connectivity index (χ1) is 11.1. The molecule has 1 fully saturated rings. The molecule has 4 nitrogen and oxygen atoms in total. The SMILES string of the molecule is Cn1cc(Cl)c(C2CCCCCN2C(=O)c2ccccc2F)n1. The Hall–Kier alpha value is -1.88. The smallest absolute Gasteiger partial charge is 0.257 e. The molecule has 1 atom stereocenters. The van der Waals surface area contributed by atoms with Gasteiger partial charge < -0.3 is 4.90 Å². The second kappa shape index (κ2) is 6.71. The number of aromatic nitrogens is 2. The summed E-state index contributed by atoms with van der Waals surface area (Å²) in [5.74, 6) is -0.788. The molecule has 6 heteroatoms. The molecule has 1 aliphatic heterocycles. The van der Waals surface area contributed by atoms with Crippen molar-refractivity contribution in [1.82, 2.24) is 14.7 Å². The number of aryl methyl sites for hydroxylation is 1. The van der Waals surface area contributed by atoms with Gasteiger partial charge in [0.15, 0.2) is 0 Å². The van der Waals surface area contributed by atoms with Crippen LogP contribution in [0.4, 0.5) is 4.39 Å². The second-order valence-electron chi connectivity index (χ2n) is 5.88. The Morgan fingerprint density at radius 3 is 2.78 bits per heavy atom. The summed E-state index contributed by atoms with van der Waals surface area (Å²) < 4.78 is 15.7. The minimum Gasteiger partial charge on any atom is -0.330 e. The van der Waals surface area contributed by atoms with Gasteiger partial charge in [0, 0.05) is 19.8 Å². The van der Waals surface area contributed by atoms with Crippen LogP contribution < -0.4 is 0 Å². The molecule has 0 bridgehead atoms. The number of benzene rings is 1. The van der Waals surface area contributed by atoms with Crippen molar-refractivity contribution in [3.8, 4) is 0 Å². The third-order valence-electron chi connectivity index (χ3n) is 4.24. The Labute approximate surface area is 139 Å². The topological polar surface area (TPSA) is 38.1 Å². The summed E-state index contributed by atoms with van der Waals surface area (Å²) in [6, 6.07) is 5.89. The number of amides is 1. The lowest BCUT2D eigenvalue weighted by Gasteiger charge is -2.29. The van der Waals surface area contributed by atoms with Crippen LogP contribution in [0.15, 0.2) is 30.5 Å². The van der Waals surface area contributed by atoms with E-state index in [4.69, 9.17) is 11.6 Å². The molecular formula is C17H19ClFN3O. The molecule has 2 aromatic rings. The molecule has 0 aliphatic carbocycles. The van der Waals surface area contributed by atoms with Crippen LogP contribution in [0.1, 0.15) is 47.8 Å². The summed E-state index contributed by atoms with van der Waals surface area (Å²) in [4.78, 5) is 14.6. The molecule has 0 radical (unpaired) electrons. The minimum absolute atomic E-state index is 0.103. The average Bonchev–Trinajstić information content (AvgIpc) is 2.74. The predicted octanol–water partition coefficient (Wildman–Crippen LogP) is 3.97. The molecule has 1 amide bonds. The van der Waals surface area contributed by atoms with Gasteiger partial charge in [-0.15, -0.1) is 0 Å². The third kappa shape index (κ3) is 3.24. The minimum atomic E-state index is -0.493. The fraction of sp³-hybridized carbons (Fsp3) is 0.412. The van der Waals surface area contributed by atoms with Crippen molar-refractivity contribution in [1.29, 1.82) is 0 Å². The molecule has 1 aliphatic rings. The van der Waals surface area contributed by atoms with Crippen molar-refractivity contribution in [3.63, 3.8) is 0 Å². The molecule has 122 valence electrons. The number of halogens is 2. The van der Waals surface area contributed by atoms with Gasteiger partial charge in [0.25, 0.3) is 5.91 Å². The van der Waals surface area contributed by atoms with Crippen LogP contribution in [-0.4, -0.2) is 27.1 Å². The number of nitrogens with zero attached hydrogens (tertiary/aromatic N) is 3. The van der Waals surface area contributed by atoms with Gasteiger partial charge in [0.1, 0.15) is 11.5 Å². The zero-order valence-electron chi connectivity index (χ0n) is 13.0. The standard InChI is InChI=1S/C17H19ClFN3O/c1-21-11-13(18)16(20-21)15-9-3-2-6-10-22(15)17(23)12-7-4-5-8-14(12)19/h4-5,7-8,11,15H,2-3,6,9-10H2,1H3. The maximum atomic E-state index is 14.0. The molecule has 3 rings (SSSR count). The van der Waals surface area contributed by atoms with Crippen molar-refractivity contribution in [2.45, 2.75) is 31.7 Å². The highest BCUT2D eigenvalue weighted by molar-refractivity contribution is 6.31. The van der Waals surface area contributed by atoms with Crippen molar-refractivity contribution in [2.24, 2.45) is 7.05 Å². The first-order valence-corrected chi connectivity index (χ1v) is 8.20. The average molecular weight is 336 g/mol. The van der Waals surface area contributed by atoms with Crippen LogP contribution in [0, 0.1) is 5.82 Å². The maximum absolute atomic E-state index is 14.0. The van der Waals surface area contributed by atoms with Gasteiger partial charge in [0.2, 0.25) is 0 Å². The van der Waals surface area contributed by atoms with Crippen molar-refractivity contribution in [3.05, 3.63) is 52.6 Å². The van der Waals surface area contributed by atoms with E-state index in [1.165, 1.54) is 12.1 Å². The van der Waals surface area contributed by atoms with Crippen molar-refractivity contribution < 1.29 is 9.18 Å². The van der Waals surface area contributed by atoms with E-state index in [0.717, 1.165) is 25.7 Å². The third-order valence-corrected chi connectivity index (χ3v) is 4.54. The molecule has 1 unspecified atom stereocenters. The predicted molar refractivity (Wildman–Crippen MR) is 86.9 cm³/mol. The molecule has 0 spiro atoms. The normalized spacial score (nSPS) is 18.7. The lowest BCUT2D eigenvalue weighted by atomic mass is 10.1. The van der Waals surface area contributed by atoms with E-state index in [1.807, 2.05) is 0 Å². The van der Waals surface area contributed by atoms with Gasteiger partial charge in [-0.1, -0.05) is 36.6 Å². The summed E-state index contributed by atoms with van der Waals surface area (Å²) in [6.45, 7) is 0.588. The molecule has 23 heavy (non-hydrogen) atoms. The van der Waals surface area contributed by atoms with Crippen LogP contribution in [0.25, 0.3) is 0 Å². The van der Waals surface area contributed by atoms with Crippen molar-refractivity contribution in [2.75, 3.05) is 6.54 Å².